The van der Waals surface area contributed by atoms with Crippen molar-refractivity contribution in [3.05, 3.63) is 64.7 Å². The Morgan fingerprint density at radius 2 is 2.22 bits per heavy atom. The largest absolute Gasteiger partial charge is 0.329 e. The van der Waals surface area contributed by atoms with Gasteiger partial charge in [-0.1, -0.05) is 17.7 Å². The fourth-order valence-electron chi connectivity index (χ4n) is 2.63. The van der Waals surface area contributed by atoms with Crippen LogP contribution in [0.5, 0.6) is 0 Å². The van der Waals surface area contributed by atoms with Crippen molar-refractivity contribution < 1.29 is 9.18 Å². The van der Waals surface area contributed by atoms with Crippen LogP contribution in [0.2, 0.25) is 5.02 Å². The third-order valence-corrected chi connectivity index (χ3v) is 3.97. The Labute approximate surface area is 145 Å². The Balaban J connectivity index is 0.00000192. The number of hydrogen-bond donors (Lipinski definition) is 1. The number of amides is 1. The number of pyridine rings is 1. The van der Waals surface area contributed by atoms with Crippen LogP contribution < -0.4 is 5.32 Å². The summed E-state index contributed by atoms with van der Waals surface area (Å²) < 4.78 is 14.0. The van der Waals surface area contributed by atoms with E-state index in [1.807, 2.05) is 12.1 Å². The van der Waals surface area contributed by atoms with Crippen LogP contribution in [0.3, 0.4) is 0 Å². The fourth-order valence-corrected chi connectivity index (χ4v) is 2.81. The molecular formula is C16H16Cl2FN3O. The van der Waals surface area contributed by atoms with Gasteiger partial charge in [-0.3, -0.25) is 9.78 Å². The molecule has 1 aromatic carbocycles. The van der Waals surface area contributed by atoms with Gasteiger partial charge in [0.15, 0.2) is 0 Å². The smallest absolute Gasteiger partial charge is 0.257 e. The van der Waals surface area contributed by atoms with Crippen LogP contribution >= 0.6 is 24.0 Å². The van der Waals surface area contributed by atoms with E-state index >= 15 is 0 Å². The van der Waals surface area contributed by atoms with Crippen molar-refractivity contribution in [3.8, 4) is 0 Å². The second kappa shape index (κ2) is 7.73. The van der Waals surface area contributed by atoms with Gasteiger partial charge in [-0.25, -0.2) is 4.39 Å². The highest BCUT2D eigenvalue weighted by Crippen LogP contribution is 2.25. The first-order valence-corrected chi connectivity index (χ1v) is 7.41. The van der Waals surface area contributed by atoms with Gasteiger partial charge in [0.05, 0.1) is 11.6 Å². The molecule has 122 valence electrons. The molecule has 7 heteroatoms. The molecule has 1 aliphatic rings. The molecule has 1 fully saturated rings. The Hall–Kier alpha value is -1.69. The van der Waals surface area contributed by atoms with Gasteiger partial charge in [0.25, 0.3) is 5.91 Å². The predicted octanol–water partition coefficient (Wildman–Crippen LogP) is 3.08. The highest BCUT2D eigenvalue weighted by atomic mass is 35.5. The Bertz CT molecular complexity index is 684. The van der Waals surface area contributed by atoms with Crippen molar-refractivity contribution in [2.75, 3.05) is 19.6 Å². The van der Waals surface area contributed by atoms with E-state index in [9.17, 15) is 9.18 Å². The second-order valence-corrected chi connectivity index (χ2v) is 5.57. The molecular weight excluding hydrogens is 340 g/mol. The van der Waals surface area contributed by atoms with Crippen molar-refractivity contribution in [3.63, 3.8) is 0 Å². The quantitative estimate of drug-likeness (QED) is 0.900. The maximum Gasteiger partial charge on any atom is 0.257 e. The average Bonchev–Trinajstić information content (AvgIpc) is 2.57. The third kappa shape index (κ3) is 3.80. The number of rotatable bonds is 2. The molecule has 1 amide bonds. The van der Waals surface area contributed by atoms with Crippen LogP contribution in [0.1, 0.15) is 22.0 Å². The van der Waals surface area contributed by atoms with Gasteiger partial charge in [0.1, 0.15) is 5.82 Å². The molecule has 0 spiro atoms. The Kier molecular flexibility index (Phi) is 5.93. The van der Waals surface area contributed by atoms with Crippen LogP contribution in [-0.4, -0.2) is 35.4 Å². The summed E-state index contributed by atoms with van der Waals surface area (Å²) >= 11 is 5.89. The minimum atomic E-state index is -0.558. The zero-order chi connectivity index (χ0) is 15.5. The van der Waals surface area contributed by atoms with E-state index in [0.717, 1.165) is 5.56 Å². The lowest BCUT2D eigenvalue weighted by molar-refractivity contribution is 0.0629. The molecule has 4 nitrogen and oxygen atoms in total. The number of carbonyl (C=O) groups is 1. The maximum absolute atomic E-state index is 14.0. The molecule has 0 saturated carbocycles. The van der Waals surface area contributed by atoms with Gasteiger partial charge in [-0.2, -0.15) is 0 Å². The number of aromatic nitrogens is 1. The molecule has 0 aliphatic carbocycles. The summed E-state index contributed by atoms with van der Waals surface area (Å²) in [5, 5.41) is 3.60. The lowest BCUT2D eigenvalue weighted by Gasteiger charge is -2.36. The molecule has 3 rings (SSSR count). The first-order chi connectivity index (χ1) is 10.7. The van der Waals surface area contributed by atoms with Gasteiger partial charge >= 0.3 is 0 Å². The summed E-state index contributed by atoms with van der Waals surface area (Å²) in [5.74, 6) is -0.909. The molecule has 1 aromatic heterocycles. The number of benzene rings is 1. The normalized spacial score (nSPS) is 17.5. The summed E-state index contributed by atoms with van der Waals surface area (Å²) in [4.78, 5) is 18.5. The van der Waals surface area contributed by atoms with Crippen molar-refractivity contribution >= 4 is 29.9 Å². The minimum Gasteiger partial charge on any atom is -0.329 e. The van der Waals surface area contributed by atoms with Crippen LogP contribution in [-0.2, 0) is 0 Å². The van der Waals surface area contributed by atoms with Gasteiger partial charge < -0.3 is 10.2 Å². The third-order valence-electron chi connectivity index (χ3n) is 3.73. The summed E-state index contributed by atoms with van der Waals surface area (Å²) in [6, 6.07) is 7.60. The number of hydrogen-bond acceptors (Lipinski definition) is 3. The van der Waals surface area contributed by atoms with Gasteiger partial charge in [-0.15, -0.1) is 12.4 Å². The predicted molar refractivity (Wildman–Crippen MR) is 89.5 cm³/mol. The van der Waals surface area contributed by atoms with Crippen molar-refractivity contribution in [2.24, 2.45) is 0 Å². The number of nitrogens with zero attached hydrogens (tertiary/aromatic N) is 2. The summed E-state index contributed by atoms with van der Waals surface area (Å²) in [7, 11) is 0. The second-order valence-electron chi connectivity index (χ2n) is 5.13. The molecule has 0 bridgehead atoms. The van der Waals surface area contributed by atoms with E-state index < -0.39 is 5.82 Å². The zero-order valence-corrected chi connectivity index (χ0v) is 13.8. The molecule has 1 N–H and O–H groups in total. The number of piperazine rings is 1. The number of carbonyl (C=O) groups excluding carboxylic acids is 1. The summed E-state index contributed by atoms with van der Waals surface area (Å²) in [6.07, 6.45) is 3.41. The standard InChI is InChI=1S/C16H15ClFN3O.ClH/c17-12-3-4-14(18)13(8-12)16(22)21-7-6-20-10-15(21)11-2-1-5-19-9-11;/h1-5,8-9,15,20H,6-7,10H2;1H. The Morgan fingerprint density at radius 3 is 2.96 bits per heavy atom. The van der Waals surface area contributed by atoms with Crippen LogP contribution in [0.15, 0.2) is 42.7 Å². The molecule has 0 radical (unpaired) electrons. The van der Waals surface area contributed by atoms with E-state index in [-0.39, 0.29) is 29.9 Å². The van der Waals surface area contributed by atoms with Crippen molar-refractivity contribution in [1.82, 2.24) is 15.2 Å². The lowest BCUT2D eigenvalue weighted by atomic mass is 10.0. The number of nitrogens with one attached hydrogen (secondary N) is 1. The van der Waals surface area contributed by atoms with Crippen molar-refractivity contribution in [1.29, 1.82) is 0 Å². The van der Waals surface area contributed by atoms with Crippen LogP contribution in [0.25, 0.3) is 0 Å². The zero-order valence-electron chi connectivity index (χ0n) is 12.2. The molecule has 1 unspecified atom stereocenters. The fraction of sp³-hybridized carbons (Fsp3) is 0.250. The van der Waals surface area contributed by atoms with Gasteiger partial charge in [-0.05, 0) is 29.8 Å². The van der Waals surface area contributed by atoms with Gasteiger partial charge in [0.2, 0.25) is 0 Å². The molecule has 2 aromatic rings. The summed E-state index contributed by atoms with van der Waals surface area (Å²) in [5.41, 5.74) is 0.925. The molecule has 1 saturated heterocycles. The molecule has 1 atom stereocenters. The summed E-state index contributed by atoms with van der Waals surface area (Å²) in [6.45, 7) is 1.79. The lowest BCUT2D eigenvalue weighted by Crippen LogP contribution is -2.48. The SMILES string of the molecule is Cl.O=C(c1cc(Cl)ccc1F)N1CCNCC1c1cccnc1. The monoisotopic (exact) mass is 355 g/mol. The van der Waals surface area contributed by atoms with Crippen LogP contribution in [0.4, 0.5) is 4.39 Å². The van der Waals surface area contributed by atoms with E-state index in [1.54, 1.807) is 17.3 Å². The van der Waals surface area contributed by atoms with Gasteiger partial charge in [0, 0.05) is 37.1 Å². The van der Waals surface area contributed by atoms with E-state index in [4.69, 9.17) is 11.6 Å². The maximum atomic E-state index is 14.0. The van der Waals surface area contributed by atoms with Crippen LogP contribution in [0, 0.1) is 5.82 Å². The average molecular weight is 356 g/mol. The minimum absolute atomic E-state index is 0. The molecule has 2 heterocycles. The highest BCUT2D eigenvalue weighted by molar-refractivity contribution is 6.31. The molecule has 1 aliphatic heterocycles. The van der Waals surface area contributed by atoms with Crippen molar-refractivity contribution in [2.45, 2.75) is 6.04 Å². The number of halogens is 3. The van der Waals surface area contributed by atoms with E-state index in [0.29, 0.717) is 24.7 Å². The Morgan fingerprint density at radius 1 is 1.39 bits per heavy atom. The molecule has 23 heavy (non-hydrogen) atoms. The first kappa shape index (κ1) is 17.7. The first-order valence-electron chi connectivity index (χ1n) is 7.03. The van der Waals surface area contributed by atoms with E-state index in [1.165, 1.54) is 18.2 Å². The topological polar surface area (TPSA) is 45.2 Å². The van der Waals surface area contributed by atoms with E-state index in [2.05, 4.69) is 10.3 Å². The highest BCUT2D eigenvalue weighted by Gasteiger charge is 2.30.